The monoisotopic (exact) mass is 273 g/mol. The molecule has 0 bridgehead atoms. The Hall–Kier alpha value is -2.14. The Morgan fingerprint density at radius 3 is 2.70 bits per heavy atom. The van der Waals surface area contributed by atoms with E-state index in [4.69, 9.17) is 0 Å². The van der Waals surface area contributed by atoms with Gasteiger partial charge in [0, 0.05) is 17.7 Å². The zero-order valence-electron chi connectivity index (χ0n) is 11.8. The number of aryl methyl sites for hydroxylation is 1. The van der Waals surface area contributed by atoms with Gasteiger partial charge < -0.3 is 15.6 Å². The second-order valence-corrected chi connectivity index (χ2v) is 4.82. The van der Waals surface area contributed by atoms with Crippen LogP contribution in [0.3, 0.4) is 0 Å². The Morgan fingerprint density at radius 1 is 1.35 bits per heavy atom. The first kappa shape index (κ1) is 14.3. The number of carboxylic acids is 1. The lowest BCUT2D eigenvalue weighted by atomic mass is 10.1. The number of carbonyl (C=O) groups is 1. The van der Waals surface area contributed by atoms with Gasteiger partial charge in [-0.2, -0.15) is 5.10 Å². The van der Waals surface area contributed by atoms with E-state index in [9.17, 15) is 9.90 Å². The number of aromatic carboxylic acids is 1. The molecule has 0 fully saturated rings. The Kier molecular flexibility index (Phi) is 4.20. The molecule has 0 spiro atoms. The molecule has 0 unspecified atom stereocenters. The van der Waals surface area contributed by atoms with Crippen molar-refractivity contribution in [3.8, 4) is 5.69 Å². The number of hydrogen-bond acceptors (Lipinski definition) is 3. The Balaban J connectivity index is 2.52. The molecule has 0 saturated carbocycles. The summed E-state index contributed by atoms with van der Waals surface area (Å²) >= 11 is 0. The van der Waals surface area contributed by atoms with E-state index in [1.54, 1.807) is 22.9 Å². The predicted molar refractivity (Wildman–Crippen MR) is 73.4 cm³/mol. The molecular formula is C15H19N3O2. The number of aromatic nitrogens is 2. The average Bonchev–Trinajstić information content (AvgIpc) is 2.71. The number of benzene rings is 1. The minimum absolute atomic E-state index is 0.154. The summed E-state index contributed by atoms with van der Waals surface area (Å²) in [5, 5.41) is 15.7. The van der Waals surface area contributed by atoms with Crippen molar-refractivity contribution in [2.75, 3.05) is 6.54 Å². The quantitative estimate of drug-likeness (QED) is 0.833. The van der Waals surface area contributed by atoms with Crippen LogP contribution in [-0.4, -0.2) is 22.3 Å². The van der Waals surface area contributed by atoms with E-state index in [2.05, 4.69) is 10.8 Å². The summed E-state index contributed by atoms with van der Waals surface area (Å²) in [6.07, 6.45) is 1.91. The molecule has 0 radical (unpaired) electrons. The standard InChI is InChI=1S/C15H19N3O2/c1-10-12(7-5-9-16)11(2)18(17-10)14-8-4-3-6-13(14)15(19)20/h3-4,6,8H,5,7,9,16H2,1-2H3,(H,19,20). The van der Waals surface area contributed by atoms with Gasteiger partial charge in [-0.1, -0.05) is 18.2 Å². The zero-order valence-corrected chi connectivity index (χ0v) is 11.8. The highest BCUT2D eigenvalue weighted by atomic mass is 16.4. The topological polar surface area (TPSA) is 85.6 Å². The summed E-state index contributed by atoms with van der Waals surface area (Å²) in [7, 11) is 0. The molecule has 0 saturated heterocycles. The highest BCUT2D eigenvalue weighted by Crippen LogP contribution is 2.21. The number of para-hydroxylation sites is 1. The Labute approximate surface area is 118 Å². The van der Waals surface area contributed by atoms with Gasteiger partial charge in [-0.3, -0.25) is 0 Å². The number of carboxylic acid groups (broad SMARTS) is 1. The highest BCUT2D eigenvalue weighted by Gasteiger charge is 2.14. The molecule has 0 atom stereocenters. The molecule has 1 heterocycles. The minimum Gasteiger partial charge on any atom is -0.545 e. The Morgan fingerprint density at radius 2 is 2.05 bits per heavy atom. The van der Waals surface area contributed by atoms with Gasteiger partial charge in [-0.25, -0.2) is 4.68 Å². The summed E-state index contributed by atoms with van der Waals surface area (Å²) in [5.74, 6) is -1.19. The molecule has 5 heteroatoms. The lowest BCUT2D eigenvalue weighted by molar-refractivity contribution is -0.368. The van der Waals surface area contributed by atoms with Crippen molar-refractivity contribution in [2.45, 2.75) is 26.7 Å². The molecule has 0 aliphatic carbocycles. The summed E-state index contributed by atoms with van der Waals surface area (Å²) in [6, 6.07) is 6.77. The smallest absolute Gasteiger partial charge is 0.0743 e. The fourth-order valence-electron chi connectivity index (χ4n) is 2.40. The number of hydrogen-bond donors (Lipinski definition) is 1. The maximum absolute atomic E-state index is 11.2. The SMILES string of the molecule is Cc1nn(-c2ccccc2C(=O)[O-])c(C)c1CCC[NH3+]. The number of quaternary nitrogens is 1. The van der Waals surface area contributed by atoms with Crippen LogP contribution in [-0.2, 0) is 6.42 Å². The maximum Gasteiger partial charge on any atom is 0.0743 e. The zero-order chi connectivity index (χ0) is 14.7. The van der Waals surface area contributed by atoms with Crippen LogP contribution in [0.2, 0.25) is 0 Å². The second-order valence-electron chi connectivity index (χ2n) is 4.82. The van der Waals surface area contributed by atoms with Crippen molar-refractivity contribution < 1.29 is 15.6 Å². The number of carbonyl (C=O) groups excluding carboxylic acids is 1. The van der Waals surface area contributed by atoms with Crippen molar-refractivity contribution in [1.82, 2.24) is 9.78 Å². The lowest BCUT2D eigenvalue weighted by Crippen LogP contribution is -2.50. The first-order valence-corrected chi connectivity index (χ1v) is 6.71. The van der Waals surface area contributed by atoms with Gasteiger partial charge in [0.2, 0.25) is 0 Å². The van der Waals surface area contributed by atoms with E-state index in [0.29, 0.717) is 5.69 Å². The normalized spacial score (nSPS) is 10.8. The van der Waals surface area contributed by atoms with E-state index < -0.39 is 5.97 Å². The molecule has 0 aliphatic heterocycles. The molecule has 5 nitrogen and oxygen atoms in total. The molecule has 0 amide bonds. The van der Waals surface area contributed by atoms with Crippen molar-refractivity contribution in [1.29, 1.82) is 0 Å². The molecular weight excluding hydrogens is 254 g/mol. The van der Waals surface area contributed by atoms with Crippen LogP contribution in [0.15, 0.2) is 24.3 Å². The van der Waals surface area contributed by atoms with Crippen LogP contribution in [0.25, 0.3) is 5.69 Å². The third-order valence-corrected chi connectivity index (χ3v) is 3.47. The predicted octanol–water partition coefficient (Wildman–Crippen LogP) is 0.0271. The third kappa shape index (κ3) is 2.58. The van der Waals surface area contributed by atoms with E-state index in [1.165, 1.54) is 11.6 Å². The van der Waals surface area contributed by atoms with E-state index in [-0.39, 0.29) is 5.56 Å². The number of rotatable bonds is 5. The molecule has 106 valence electrons. The lowest BCUT2D eigenvalue weighted by Gasteiger charge is -2.12. The second kappa shape index (κ2) is 5.88. The Bertz CT molecular complexity index is 632. The fourth-order valence-corrected chi connectivity index (χ4v) is 2.40. The van der Waals surface area contributed by atoms with Crippen LogP contribution < -0.4 is 10.8 Å². The van der Waals surface area contributed by atoms with E-state index in [1.807, 2.05) is 13.8 Å². The molecule has 20 heavy (non-hydrogen) atoms. The third-order valence-electron chi connectivity index (χ3n) is 3.47. The molecule has 0 aliphatic rings. The van der Waals surface area contributed by atoms with Crippen LogP contribution in [0.4, 0.5) is 0 Å². The average molecular weight is 273 g/mol. The van der Waals surface area contributed by atoms with E-state index >= 15 is 0 Å². The van der Waals surface area contributed by atoms with Crippen LogP contribution in [0.5, 0.6) is 0 Å². The summed E-state index contributed by atoms with van der Waals surface area (Å²) < 4.78 is 1.69. The first-order chi connectivity index (χ1) is 9.56. The van der Waals surface area contributed by atoms with E-state index in [0.717, 1.165) is 30.8 Å². The van der Waals surface area contributed by atoms with Gasteiger partial charge in [0.1, 0.15) is 0 Å². The van der Waals surface area contributed by atoms with Gasteiger partial charge >= 0.3 is 0 Å². The molecule has 2 rings (SSSR count). The summed E-state index contributed by atoms with van der Waals surface area (Å²) in [5.41, 5.74) is 7.63. The highest BCUT2D eigenvalue weighted by molar-refractivity contribution is 5.90. The van der Waals surface area contributed by atoms with Gasteiger partial charge in [0.05, 0.1) is 23.9 Å². The molecule has 3 N–H and O–H groups in total. The number of nitrogens with zero attached hydrogens (tertiary/aromatic N) is 2. The minimum atomic E-state index is -1.19. The van der Waals surface area contributed by atoms with Crippen LogP contribution in [0.1, 0.15) is 33.7 Å². The van der Waals surface area contributed by atoms with Crippen molar-refractivity contribution in [2.24, 2.45) is 0 Å². The van der Waals surface area contributed by atoms with Crippen molar-refractivity contribution in [3.05, 3.63) is 46.8 Å². The largest absolute Gasteiger partial charge is 0.545 e. The molecule has 1 aromatic carbocycles. The molecule has 1 aromatic heterocycles. The van der Waals surface area contributed by atoms with Gasteiger partial charge in [0.15, 0.2) is 0 Å². The van der Waals surface area contributed by atoms with Gasteiger partial charge in [-0.05, 0) is 31.9 Å². The summed E-state index contributed by atoms with van der Waals surface area (Å²) in [6.45, 7) is 4.79. The van der Waals surface area contributed by atoms with Crippen LogP contribution >= 0.6 is 0 Å². The maximum atomic E-state index is 11.2. The van der Waals surface area contributed by atoms with Crippen molar-refractivity contribution >= 4 is 5.97 Å². The van der Waals surface area contributed by atoms with Crippen molar-refractivity contribution in [3.63, 3.8) is 0 Å². The summed E-state index contributed by atoms with van der Waals surface area (Å²) in [4.78, 5) is 11.2. The fraction of sp³-hybridized carbons (Fsp3) is 0.333. The molecule has 2 aromatic rings. The first-order valence-electron chi connectivity index (χ1n) is 6.71. The van der Waals surface area contributed by atoms with Gasteiger partial charge in [-0.15, -0.1) is 0 Å². The van der Waals surface area contributed by atoms with Crippen LogP contribution in [0, 0.1) is 13.8 Å². The van der Waals surface area contributed by atoms with Gasteiger partial charge in [0.25, 0.3) is 0 Å².